The molecule has 0 aliphatic heterocycles. The molecule has 0 aromatic heterocycles. The fraction of sp³-hybridized carbons (Fsp3) is 0.333. The number of hydrogen-bond acceptors (Lipinski definition) is 2. The van der Waals surface area contributed by atoms with Crippen LogP contribution in [0.15, 0.2) is 29.9 Å². The molecule has 2 nitrogen and oxygen atoms in total. The van der Waals surface area contributed by atoms with Gasteiger partial charge < -0.3 is 4.79 Å². The number of carbonyl (C=O) groups is 1. The van der Waals surface area contributed by atoms with E-state index >= 15 is 0 Å². The minimum absolute atomic E-state index is 0.345. The summed E-state index contributed by atoms with van der Waals surface area (Å²) >= 11 is 0. The van der Waals surface area contributed by atoms with E-state index in [4.69, 9.17) is 0 Å². The van der Waals surface area contributed by atoms with Crippen LogP contribution in [0.5, 0.6) is 0 Å². The van der Waals surface area contributed by atoms with E-state index in [2.05, 4.69) is 11.6 Å². The Morgan fingerprint density at radius 1 is 1.64 bits per heavy atom. The van der Waals surface area contributed by atoms with E-state index in [1.54, 1.807) is 12.3 Å². The summed E-state index contributed by atoms with van der Waals surface area (Å²) in [6, 6.07) is 0. The predicted molar refractivity (Wildman–Crippen MR) is 47.7 cm³/mol. The Morgan fingerprint density at radius 2 is 2.36 bits per heavy atom. The molecule has 0 radical (unpaired) electrons. The normalized spacial score (nSPS) is 11.9. The lowest BCUT2D eigenvalue weighted by Crippen LogP contribution is -1.91. The zero-order chi connectivity index (χ0) is 8.53. The summed E-state index contributed by atoms with van der Waals surface area (Å²) < 4.78 is 0. The molecule has 0 unspecified atom stereocenters. The van der Waals surface area contributed by atoms with Gasteiger partial charge in [-0.1, -0.05) is 19.6 Å². The lowest BCUT2D eigenvalue weighted by atomic mass is 10.3. The second-order valence-electron chi connectivity index (χ2n) is 1.99. The molecule has 0 fully saturated rings. The number of hydrogen-bond donors (Lipinski definition) is 0. The van der Waals surface area contributed by atoms with Gasteiger partial charge in [0.25, 0.3) is 0 Å². The fourth-order valence-corrected chi connectivity index (χ4v) is 0.528. The van der Waals surface area contributed by atoms with Crippen LogP contribution in [0.3, 0.4) is 0 Å². The number of allylic oxidation sites excluding steroid dienone is 2. The first-order valence-corrected chi connectivity index (χ1v) is 3.62. The molecule has 0 aliphatic carbocycles. The molecule has 0 heterocycles. The van der Waals surface area contributed by atoms with E-state index in [0.29, 0.717) is 12.1 Å². The zero-order valence-electron chi connectivity index (χ0n) is 6.79. The standard InChI is InChI=1S/C9H13NO/c1-3-5-7-10-9(4-2)6-8-11/h4-5,7-8H,2-3,6H2,1H3/b7-5-,10-9+. The van der Waals surface area contributed by atoms with Crippen LogP contribution in [-0.2, 0) is 4.79 Å². The summed E-state index contributed by atoms with van der Waals surface area (Å²) in [6.45, 7) is 5.56. The Morgan fingerprint density at radius 3 is 2.82 bits per heavy atom. The van der Waals surface area contributed by atoms with Crippen LogP contribution >= 0.6 is 0 Å². The third-order valence-electron chi connectivity index (χ3n) is 1.11. The first-order chi connectivity index (χ1) is 5.35. The predicted octanol–water partition coefficient (Wildman–Crippen LogP) is 2.13. The van der Waals surface area contributed by atoms with Crippen molar-refractivity contribution in [3.8, 4) is 0 Å². The lowest BCUT2D eigenvalue weighted by molar-refractivity contribution is -0.106. The van der Waals surface area contributed by atoms with Gasteiger partial charge in [0.05, 0.1) is 0 Å². The second-order valence-corrected chi connectivity index (χ2v) is 1.99. The van der Waals surface area contributed by atoms with Gasteiger partial charge in [0.1, 0.15) is 6.29 Å². The minimum atomic E-state index is 0.345. The van der Waals surface area contributed by atoms with Crippen molar-refractivity contribution in [2.75, 3.05) is 0 Å². The van der Waals surface area contributed by atoms with Gasteiger partial charge in [-0.05, 0) is 12.5 Å². The maximum Gasteiger partial charge on any atom is 0.125 e. The van der Waals surface area contributed by atoms with Crippen molar-refractivity contribution >= 4 is 12.0 Å². The maximum atomic E-state index is 10.1. The molecule has 0 aromatic rings. The molecule has 0 aliphatic rings. The Hall–Kier alpha value is -1.18. The first-order valence-electron chi connectivity index (χ1n) is 3.62. The molecule has 0 spiro atoms. The molecule has 0 N–H and O–H groups in total. The van der Waals surface area contributed by atoms with Gasteiger partial charge in [-0.25, -0.2) is 0 Å². The summed E-state index contributed by atoms with van der Waals surface area (Å²) in [6.07, 6.45) is 7.33. The van der Waals surface area contributed by atoms with E-state index in [0.717, 1.165) is 12.7 Å². The van der Waals surface area contributed by atoms with Crippen LogP contribution < -0.4 is 0 Å². The highest BCUT2D eigenvalue weighted by atomic mass is 16.1. The van der Waals surface area contributed by atoms with Crippen molar-refractivity contribution in [1.29, 1.82) is 0 Å². The Labute approximate surface area is 67.3 Å². The zero-order valence-corrected chi connectivity index (χ0v) is 6.79. The summed E-state index contributed by atoms with van der Waals surface area (Å²) in [5.41, 5.74) is 0.713. The monoisotopic (exact) mass is 151 g/mol. The smallest absolute Gasteiger partial charge is 0.125 e. The number of aldehydes is 1. The van der Waals surface area contributed by atoms with Crippen LogP contribution in [0.4, 0.5) is 0 Å². The number of nitrogens with zero attached hydrogens (tertiary/aromatic N) is 1. The molecule has 0 saturated heterocycles. The molecular formula is C9H13NO. The van der Waals surface area contributed by atoms with Crippen molar-refractivity contribution in [3.63, 3.8) is 0 Å². The van der Waals surface area contributed by atoms with Gasteiger partial charge in [0, 0.05) is 18.3 Å². The maximum absolute atomic E-state index is 10.1. The molecule has 0 saturated carbocycles. The number of carbonyl (C=O) groups excluding carboxylic acids is 1. The molecule has 0 amide bonds. The van der Waals surface area contributed by atoms with Gasteiger partial charge >= 0.3 is 0 Å². The molecule has 0 rings (SSSR count). The topological polar surface area (TPSA) is 29.4 Å². The van der Waals surface area contributed by atoms with E-state index in [1.807, 2.05) is 13.0 Å². The first kappa shape index (κ1) is 9.82. The van der Waals surface area contributed by atoms with Gasteiger partial charge in [0.2, 0.25) is 0 Å². The largest absolute Gasteiger partial charge is 0.303 e. The summed E-state index contributed by atoms with van der Waals surface area (Å²) in [7, 11) is 0. The third kappa shape index (κ3) is 5.27. The third-order valence-corrected chi connectivity index (χ3v) is 1.11. The van der Waals surface area contributed by atoms with Gasteiger partial charge in [0.15, 0.2) is 0 Å². The number of aliphatic imine (C=N–C) groups is 1. The highest BCUT2D eigenvalue weighted by molar-refractivity contribution is 6.02. The van der Waals surface area contributed by atoms with Crippen LogP contribution in [0.25, 0.3) is 0 Å². The summed E-state index contributed by atoms with van der Waals surface area (Å²) in [5, 5.41) is 0. The SMILES string of the molecule is C=C/C(CC=O)=N\C=C/CC. The van der Waals surface area contributed by atoms with Crippen LogP contribution in [0.1, 0.15) is 19.8 Å². The summed E-state index contributed by atoms with van der Waals surface area (Å²) in [5.74, 6) is 0. The van der Waals surface area contributed by atoms with Gasteiger partial charge in [-0.15, -0.1) is 0 Å². The molecule has 60 valence electrons. The molecule has 11 heavy (non-hydrogen) atoms. The molecule has 0 bridgehead atoms. The van der Waals surface area contributed by atoms with E-state index in [9.17, 15) is 4.79 Å². The van der Waals surface area contributed by atoms with Gasteiger partial charge in [-0.2, -0.15) is 0 Å². The van der Waals surface area contributed by atoms with Crippen LogP contribution in [0, 0.1) is 0 Å². The highest BCUT2D eigenvalue weighted by Crippen LogP contribution is 1.88. The molecule has 0 aromatic carbocycles. The van der Waals surface area contributed by atoms with Crippen molar-refractivity contribution in [1.82, 2.24) is 0 Å². The quantitative estimate of drug-likeness (QED) is 0.437. The second kappa shape index (κ2) is 6.93. The van der Waals surface area contributed by atoms with Crippen molar-refractivity contribution < 1.29 is 4.79 Å². The van der Waals surface area contributed by atoms with Crippen LogP contribution in [0.2, 0.25) is 0 Å². The lowest BCUT2D eigenvalue weighted by Gasteiger charge is -1.88. The average molecular weight is 151 g/mol. The minimum Gasteiger partial charge on any atom is -0.303 e. The Bertz CT molecular complexity index is 180. The van der Waals surface area contributed by atoms with E-state index in [1.165, 1.54) is 0 Å². The van der Waals surface area contributed by atoms with Gasteiger partial charge in [-0.3, -0.25) is 4.99 Å². The Kier molecular flexibility index (Phi) is 6.19. The average Bonchev–Trinajstić information content (AvgIpc) is 2.03. The molecular weight excluding hydrogens is 138 g/mol. The number of rotatable bonds is 5. The molecule has 0 atom stereocenters. The fourth-order valence-electron chi connectivity index (χ4n) is 0.528. The highest BCUT2D eigenvalue weighted by Gasteiger charge is 1.87. The summed E-state index contributed by atoms with van der Waals surface area (Å²) in [4.78, 5) is 14.1. The van der Waals surface area contributed by atoms with E-state index < -0.39 is 0 Å². The van der Waals surface area contributed by atoms with E-state index in [-0.39, 0.29) is 0 Å². The van der Waals surface area contributed by atoms with Crippen LogP contribution in [-0.4, -0.2) is 12.0 Å². The van der Waals surface area contributed by atoms with Crippen molar-refractivity contribution in [3.05, 3.63) is 24.9 Å². The Balaban J connectivity index is 3.99. The van der Waals surface area contributed by atoms with Crippen molar-refractivity contribution in [2.45, 2.75) is 19.8 Å². The van der Waals surface area contributed by atoms with Crippen molar-refractivity contribution in [2.24, 2.45) is 4.99 Å². The molecule has 2 heteroatoms.